The molecule has 26 heavy (non-hydrogen) atoms. The number of carbonyl (C=O) groups is 2. The molecule has 0 saturated carbocycles. The van der Waals surface area contributed by atoms with E-state index in [9.17, 15) is 9.59 Å². The molecular formula is C17H23Br2N3O4. The summed E-state index contributed by atoms with van der Waals surface area (Å²) >= 11 is 6.73. The maximum absolute atomic E-state index is 12.4. The average molecular weight is 493 g/mol. The number of halogens is 2. The number of pyridine rings is 1. The Hall–Kier alpha value is -1.35. The molecular weight excluding hydrogens is 470 g/mol. The van der Waals surface area contributed by atoms with Crippen LogP contribution in [-0.2, 0) is 4.74 Å². The molecule has 2 rings (SSSR count). The summed E-state index contributed by atoms with van der Waals surface area (Å²) in [7, 11) is 0. The van der Waals surface area contributed by atoms with Gasteiger partial charge in [0.05, 0.1) is 10.5 Å². The average Bonchev–Trinajstić information content (AvgIpc) is 3.11. The molecule has 0 spiro atoms. The Kier molecular flexibility index (Phi) is 6.55. The topological polar surface area (TPSA) is 80.5 Å². The summed E-state index contributed by atoms with van der Waals surface area (Å²) in [4.78, 5) is 30.0. The standard InChI is InChI=1S/C17H23Br2N3O4/c1-9(2)6-12-14(25-13-11(19)7-10(18)8-20-13)22(12)15(23)21-16(24)26-17(3,4)5/h7-9,12,14H,6H2,1-5H3,(H,21,23,24)/t12-,14-,22?/m0/s1. The van der Waals surface area contributed by atoms with Crippen LogP contribution in [0.5, 0.6) is 5.88 Å². The van der Waals surface area contributed by atoms with E-state index in [0.717, 1.165) is 10.9 Å². The fourth-order valence-electron chi connectivity index (χ4n) is 2.43. The number of nitrogens with zero attached hydrogens (tertiary/aromatic N) is 2. The largest absolute Gasteiger partial charge is 0.450 e. The molecule has 7 nitrogen and oxygen atoms in total. The van der Waals surface area contributed by atoms with Crippen molar-refractivity contribution in [3.63, 3.8) is 0 Å². The molecule has 1 saturated heterocycles. The lowest BCUT2D eigenvalue weighted by atomic mass is 10.1. The molecule has 1 N–H and O–H groups in total. The molecule has 1 aliphatic heterocycles. The second kappa shape index (κ2) is 8.12. The van der Waals surface area contributed by atoms with E-state index in [1.165, 1.54) is 4.90 Å². The van der Waals surface area contributed by atoms with Gasteiger partial charge in [0.15, 0.2) is 6.23 Å². The number of alkyl carbamates (subject to hydrolysis) is 1. The van der Waals surface area contributed by atoms with Gasteiger partial charge in [0.1, 0.15) is 5.60 Å². The molecule has 9 heteroatoms. The van der Waals surface area contributed by atoms with Crippen LogP contribution in [0, 0.1) is 5.92 Å². The van der Waals surface area contributed by atoms with Gasteiger partial charge in [0.2, 0.25) is 5.88 Å². The number of hydrogen-bond acceptors (Lipinski definition) is 5. The second-order valence-corrected chi connectivity index (χ2v) is 9.26. The summed E-state index contributed by atoms with van der Waals surface area (Å²) < 4.78 is 12.5. The highest BCUT2D eigenvalue weighted by atomic mass is 79.9. The number of imide groups is 1. The van der Waals surface area contributed by atoms with Crippen LogP contribution >= 0.6 is 31.9 Å². The number of ether oxygens (including phenoxy) is 2. The van der Waals surface area contributed by atoms with Crippen molar-refractivity contribution in [3.8, 4) is 5.88 Å². The highest BCUT2D eigenvalue weighted by Crippen LogP contribution is 2.37. The smallest absolute Gasteiger partial charge is 0.415 e. The van der Waals surface area contributed by atoms with Crippen LogP contribution in [0.15, 0.2) is 21.2 Å². The van der Waals surface area contributed by atoms with Crippen molar-refractivity contribution in [2.24, 2.45) is 5.92 Å². The predicted octanol–water partition coefficient (Wildman–Crippen LogP) is 4.69. The van der Waals surface area contributed by atoms with Crippen molar-refractivity contribution in [1.29, 1.82) is 0 Å². The van der Waals surface area contributed by atoms with Crippen LogP contribution in [0.25, 0.3) is 0 Å². The van der Waals surface area contributed by atoms with Gasteiger partial charge in [-0.25, -0.2) is 19.9 Å². The molecule has 0 aliphatic carbocycles. The summed E-state index contributed by atoms with van der Waals surface area (Å²) in [5.41, 5.74) is -0.678. The first-order chi connectivity index (χ1) is 12.0. The lowest BCUT2D eigenvalue weighted by Gasteiger charge is -2.19. The van der Waals surface area contributed by atoms with E-state index in [-0.39, 0.29) is 6.04 Å². The molecule has 1 aromatic heterocycles. The van der Waals surface area contributed by atoms with Crippen LogP contribution < -0.4 is 10.1 Å². The third-order valence-electron chi connectivity index (χ3n) is 3.43. The minimum Gasteiger partial charge on any atom is -0.450 e. The van der Waals surface area contributed by atoms with Gasteiger partial charge in [-0.2, -0.15) is 0 Å². The van der Waals surface area contributed by atoms with E-state index in [0.29, 0.717) is 16.3 Å². The van der Waals surface area contributed by atoms with Gasteiger partial charge in [-0.3, -0.25) is 4.90 Å². The van der Waals surface area contributed by atoms with E-state index in [2.05, 4.69) is 56.0 Å². The van der Waals surface area contributed by atoms with Crippen LogP contribution in [0.3, 0.4) is 0 Å². The Morgan fingerprint density at radius 1 is 1.35 bits per heavy atom. The highest BCUT2D eigenvalue weighted by Gasteiger charge is 2.54. The zero-order chi connectivity index (χ0) is 19.6. The van der Waals surface area contributed by atoms with Gasteiger partial charge >= 0.3 is 12.1 Å². The summed E-state index contributed by atoms with van der Waals surface area (Å²) in [6.07, 6.45) is 1.11. The Bertz CT molecular complexity index is 691. The van der Waals surface area contributed by atoms with Crippen molar-refractivity contribution < 1.29 is 19.1 Å². The van der Waals surface area contributed by atoms with Gasteiger partial charge in [-0.15, -0.1) is 0 Å². The van der Waals surface area contributed by atoms with Crippen LogP contribution in [-0.4, -0.2) is 39.9 Å². The van der Waals surface area contributed by atoms with Crippen molar-refractivity contribution in [2.45, 2.75) is 58.9 Å². The minimum atomic E-state index is -0.778. The van der Waals surface area contributed by atoms with E-state index < -0.39 is 24.0 Å². The third kappa shape index (κ3) is 5.84. The molecule has 2 heterocycles. The third-order valence-corrected chi connectivity index (χ3v) is 4.43. The molecule has 0 radical (unpaired) electrons. The lowest BCUT2D eigenvalue weighted by Crippen LogP contribution is -2.39. The lowest BCUT2D eigenvalue weighted by molar-refractivity contribution is 0.0540. The number of amides is 3. The Labute approximate surface area is 170 Å². The zero-order valence-electron chi connectivity index (χ0n) is 15.4. The van der Waals surface area contributed by atoms with Crippen molar-refractivity contribution in [3.05, 3.63) is 21.2 Å². The number of urea groups is 1. The SMILES string of the molecule is CC(C)C[C@H]1[C@H](Oc2ncc(Br)cc2Br)N1C(=O)NC(=O)OC(C)(C)C. The number of hydrogen-bond donors (Lipinski definition) is 1. The summed E-state index contributed by atoms with van der Waals surface area (Å²) in [5.74, 6) is 0.756. The van der Waals surface area contributed by atoms with Crippen LogP contribution in [0.1, 0.15) is 41.0 Å². The molecule has 1 aliphatic rings. The van der Waals surface area contributed by atoms with E-state index in [4.69, 9.17) is 9.47 Å². The fraction of sp³-hybridized carbons (Fsp3) is 0.588. The maximum atomic E-state index is 12.4. The van der Waals surface area contributed by atoms with Crippen molar-refractivity contribution >= 4 is 44.0 Å². The quantitative estimate of drug-likeness (QED) is 0.617. The van der Waals surface area contributed by atoms with E-state index in [1.807, 2.05) is 6.07 Å². The van der Waals surface area contributed by atoms with Gasteiger partial charge in [-0.05, 0) is 71.0 Å². The number of rotatable bonds is 4. The van der Waals surface area contributed by atoms with Gasteiger partial charge in [0.25, 0.3) is 0 Å². The van der Waals surface area contributed by atoms with Gasteiger partial charge < -0.3 is 9.47 Å². The summed E-state index contributed by atoms with van der Waals surface area (Å²) in [6, 6.07) is 1.14. The number of carbonyl (C=O) groups excluding carboxylic acids is 2. The zero-order valence-corrected chi connectivity index (χ0v) is 18.5. The van der Waals surface area contributed by atoms with Crippen molar-refractivity contribution in [1.82, 2.24) is 15.2 Å². The highest BCUT2D eigenvalue weighted by molar-refractivity contribution is 9.11. The first-order valence-corrected chi connectivity index (χ1v) is 9.86. The first-order valence-electron chi connectivity index (χ1n) is 8.28. The summed E-state index contributed by atoms with van der Waals surface area (Å²) in [6.45, 7) is 9.33. The molecule has 1 aromatic rings. The summed E-state index contributed by atoms with van der Waals surface area (Å²) in [5, 5.41) is 2.25. The maximum Gasteiger partial charge on any atom is 0.415 e. The Morgan fingerprint density at radius 3 is 2.54 bits per heavy atom. The number of aromatic nitrogens is 1. The molecule has 2 atom stereocenters. The van der Waals surface area contributed by atoms with Gasteiger partial charge in [-0.1, -0.05) is 13.8 Å². The van der Waals surface area contributed by atoms with Crippen LogP contribution in [0.2, 0.25) is 0 Å². The molecule has 0 bridgehead atoms. The molecule has 3 amide bonds. The van der Waals surface area contributed by atoms with E-state index in [1.54, 1.807) is 27.0 Å². The monoisotopic (exact) mass is 491 g/mol. The second-order valence-electron chi connectivity index (χ2n) is 7.49. The normalized spacial score (nSPS) is 19.3. The van der Waals surface area contributed by atoms with Crippen LogP contribution in [0.4, 0.5) is 9.59 Å². The molecule has 0 aromatic carbocycles. The fourth-order valence-corrected chi connectivity index (χ4v) is 3.51. The first kappa shape index (κ1) is 21.0. The van der Waals surface area contributed by atoms with E-state index >= 15 is 0 Å². The molecule has 0 unspecified atom stereocenters. The Balaban J connectivity index is 2.05. The predicted molar refractivity (Wildman–Crippen MR) is 104 cm³/mol. The minimum absolute atomic E-state index is 0.130. The van der Waals surface area contributed by atoms with Gasteiger partial charge in [0, 0.05) is 10.7 Å². The molecule has 1 fully saturated rings. The Morgan fingerprint density at radius 2 is 2.00 bits per heavy atom. The number of nitrogens with one attached hydrogen (secondary N) is 1. The van der Waals surface area contributed by atoms with Crippen molar-refractivity contribution in [2.75, 3.05) is 0 Å². The molecule has 144 valence electrons.